The molecule has 0 bridgehead atoms. The molecule has 10 nitrogen and oxygen atoms in total. The number of hydrogen-bond acceptors (Lipinski definition) is 10. The molecule has 0 saturated carbocycles. The van der Waals surface area contributed by atoms with Crippen LogP contribution in [0.3, 0.4) is 0 Å². The number of Topliss-reactive ketones (excluding diaryl/α,β-unsaturated/α-hetero) is 2. The fourth-order valence-electron chi connectivity index (χ4n) is 7.79. The summed E-state index contributed by atoms with van der Waals surface area (Å²) < 4.78 is 11.3. The number of phenols is 3. The molecular formula is C34H38O10. The highest BCUT2D eigenvalue weighted by molar-refractivity contribution is 6.16. The number of hydrogen-bond donors (Lipinski definition) is 6. The van der Waals surface area contributed by atoms with Gasteiger partial charge in [0.15, 0.2) is 11.6 Å². The van der Waals surface area contributed by atoms with Gasteiger partial charge in [0.1, 0.15) is 23.0 Å². The van der Waals surface area contributed by atoms with E-state index >= 15 is 0 Å². The second-order valence-electron chi connectivity index (χ2n) is 13.4. The van der Waals surface area contributed by atoms with E-state index in [0.29, 0.717) is 27.8 Å². The molecule has 0 spiro atoms. The van der Waals surface area contributed by atoms with Gasteiger partial charge >= 0.3 is 0 Å². The summed E-state index contributed by atoms with van der Waals surface area (Å²) in [4.78, 5) is 27.3. The first-order valence-electron chi connectivity index (χ1n) is 14.7. The minimum Gasteiger partial charge on any atom is -0.507 e. The molecular weight excluding hydrogens is 568 g/mol. The van der Waals surface area contributed by atoms with E-state index in [-0.39, 0.29) is 82.4 Å². The number of benzene rings is 3. The molecule has 3 aromatic rings. The van der Waals surface area contributed by atoms with Gasteiger partial charge in [0.05, 0.1) is 47.0 Å². The number of aliphatic hydroxyl groups is 3. The quantitative estimate of drug-likeness (QED) is 0.256. The van der Waals surface area contributed by atoms with Gasteiger partial charge in [-0.3, -0.25) is 9.59 Å². The predicted molar refractivity (Wildman–Crippen MR) is 161 cm³/mol. The molecule has 0 radical (unpaired) electrons. The molecule has 6 rings (SSSR count). The molecule has 3 aromatic carbocycles. The fourth-order valence-corrected chi connectivity index (χ4v) is 7.79. The summed E-state index contributed by atoms with van der Waals surface area (Å²) in [5.41, 5.74) is -0.805. The number of phenolic OH excluding ortho intramolecular Hbond substituents is 3. The molecule has 0 saturated heterocycles. The van der Waals surface area contributed by atoms with Crippen molar-refractivity contribution in [1.29, 1.82) is 0 Å². The molecule has 234 valence electrons. The van der Waals surface area contributed by atoms with Crippen molar-refractivity contribution in [2.24, 2.45) is 5.92 Å². The standard InChI is InChI=1S/C34H38O10/c1-13-21(43-5)7-15-23(17-9-33(3,41)11-19(35)25(17)31(39)27(15)29(13)37)24-16-8-22(44-6)14(2)30(38)28(16)32(40)26-18(24)10-34(4,42)12-20(26)36/h7,14,22,30,37-42H,8-12H2,1-6H3. The van der Waals surface area contributed by atoms with E-state index in [9.17, 15) is 40.2 Å². The summed E-state index contributed by atoms with van der Waals surface area (Å²) in [5.74, 6) is -2.30. The van der Waals surface area contributed by atoms with E-state index in [1.54, 1.807) is 19.9 Å². The topological polar surface area (TPSA) is 174 Å². The lowest BCUT2D eigenvalue weighted by Crippen LogP contribution is -2.39. The van der Waals surface area contributed by atoms with Crippen LogP contribution >= 0.6 is 0 Å². The molecule has 3 aliphatic carbocycles. The number of rotatable bonds is 3. The maximum Gasteiger partial charge on any atom is 0.169 e. The van der Waals surface area contributed by atoms with Crippen LogP contribution in [0, 0.1) is 12.8 Å². The van der Waals surface area contributed by atoms with Crippen molar-refractivity contribution in [2.75, 3.05) is 14.2 Å². The Morgan fingerprint density at radius 2 is 1.34 bits per heavy atom. The molecule has 0 aliphatic heterocycles. The van der Waals surface area contributed by atoms with Gasteiger partial charge in [-0.15, -0.1) is 0 Å². The molecule has 3 aliphatic rings. The highest BCUT2D eigenvalue weighted by Gasteiger charge is 2.46. The van der Waals surface area contributed by atoms with Gasteiger partial charge < -0.3 is 40.1 Å². The van der Waals surface area contributed by atoms with Crippen molar-refractivity contribution in [3.05, 3.63) is 45.0 Å². The third-order valence-corrected chi connectivity index (χ3v) is 9.89. The molecule has 5 unspecified atom stereocenters. The summed E-state index contributed by atoms with van der Waals surface area (Å²) in [7, 11) is 2.95. The predicted octanol–water partition coefficient (Wildman–Crippen LogP) is 3.94. The van der Waals surface area contributed by atoms with Crippen molar-refractivity contribution < 1.29 is 49.7 Å². The zero-order chi connectivity index (χ0) is 32.2. The summed E-state index contributed by atoms with van der Waals surface area (Å²) >= 11 is 0. The first kappa shape index (κ1) is 30.3. The fraction of sp³-hybridized carbons (Fsp3) is 0.471. The Kier molecular flexibility index (Phi) is 6.83. The number of aromatic hydroxyl groups is 3. The lowest BCUT2D eigenvalue weighted by atomic mass is 9.67. The van der Waals surface area contributed by atoms with Crippen LogP contribution in [-0.2, 0) is 24.0 Å². The number of ether oxygens (including phenoxy) is 2. The van der Waals surface area contributed by atoms with Crippen molar-refractivity contribution in [1.82, 2.24) is 0 Å². The van der Waals surface area contributed by atoms with Crippen molar-refractivity contribution in [3.8, 4) is 34.1 Å². The summed E-state index contributed by atoms with van der Waals surface area (Å²) in [6.45, 7) is 6.45. The van der Waals surface area contributed by atoms with E-state index in [1.807, 2.05) is 0 Å². The van der Waals surface area contributed by atoms with Crippen LogP contribution in [-0.4, -0.2) is 73.7 Å². The molecule has 0 heterocycles. The zero-order valence-electron chi connectivity index (χ0n) is 25.7. The lowest BCUT2D eigenvalue weighted by molar-refractivity contribution is -0.0176. The van der Waals surface area contributed by atoms with Gasteiger partial charge in [-0.25, -0.2) is 0 Å². The van der Waals surface area contributed by atoms with Crippen molar-refractivity contribution >= 4 is 22.3 Å². The Morgan fingerprint density at radius 3 is 1.89 bits per heavy atom. The van der Waals surface area contributed by atoms with Crippen LogP contribution in [0.1, 0.15) is 88.3 Å². The third kappa shape index (κ3) is 4.23. The summed E-state index contributed by atoms with van der Waals surface area (Å²) in [6, 6.07) is 1.62. The molecule has 5 atom stereocenters. The molecule has 10 heteroatoms. The number of carbonyl (C=O) groups excluding carboxylic acids is 2. The zero-order valence-corrected chi connectivity index (χ0v) is 25.7. The average Bonchev–Trinajstić information content (AvgIpc) is 2.91. The highest BCUT2D eigenvalue weighted by atomic mass is 16.5. The number of fused-ring (bicyclic) bond motifs is 4. The second-order valence-corrected chi connectivity index (χ2v) is 13.4. The molecule has 0 fully saturated rings. The Balaban J connectivity index is 1.91. The SMILES string of the molecule is COc1cc2c(-c3c4c(c(O)c5c3CC(OC)C(C)C5O)C(=O)CC(C)(O)C4)c3c(c(O)c2c(O)c1C)C(=O)CC(C)(O)C3. The van der Waals surface area contributed by atoms with E-state index in [4.69, 9.17) is 9.47 Å². The van der Waals surface area contributed by atoms with Crippen LogP contribution in [0.5, 0.6) is 23.0 Å². The third-order valence-electron chi connectivity index (χ3n) is 9.89. The van der Waals surface area contributed by atoms with Crippen molar-refractivity contribution in [2.45, 2.75) is 83.2 Å². The Labute approximate surface area is 254 Å². The van der Waals surface area contributed by atoms with Crippen LogP contribution in [0.15, 0.2) is 6.07 Å². The number of aliphatic hydroxyl groups excluding tert-OH is 1. The molecule has 44 heavy (non-hydrogen) atoms. The molecule has 6 N–H and O–H groups in total. The van der Waals surface area contributed by atoms with E-state index in [2.05, 4.69) is 0 Å². The Hall–Kier alpha value is -3.70. The minimum absolute atomic E-state index is 0.00979. The second kappa shape index (κ2) is 9.90. The lowest BCUT2D eigenvalue weighted by Gasteiger charge is -2.40. The van der Waals surface area contributed by atoms with E-state index < -0.39 is 46.6 Å². The van der Waals surface area contributed by atoms with Gasteiger partial charge in [0.25, 0.3) is 0 Å². The number of methoxy groups -OCH3 is 2. The molecule has 0 amide bonds. The van der Waals surface area contributed by atoms with E-state index in [1.165, 1.54) is 28.1 Å². The van der Waals surface area contributed by atoms with Crippen LogP contribution in [0.2, 0.25) is 0 Å². The van der Waals surface area contributed by atoms with Crippen LogP contribution < -0.4 is 4.74 Å². The highest BCUT2D eigenvalue weighted by Crippen LogP contribution is 2.56. The minimum atomic E-state index is -1.49. The normalized spacial score (nSPS) is 28.1. The summed E-state index contributed by atoms with van der Waals surface area (Å²) in [6.07, 6.45) is -2.16. The first-order valence-corrected chi connectivity index (χ1v) is 14.7. The average molecular weight is 607 g/mol. The number of ketones is 2. The van der Waals surface area contributed by atoms with E-state index in [0.717, 1.165) is 0 Å². The smallest absolute Gasteiger partial charge is 0.169 e. The van der Waals surface area contributed by atoms with Crippen LogP contribution in [0.25, 0.3) is 21.9 Å². The van der Waals surface area contributed by atoms with Gasteiger partial charge in [-0.05, 0) is 54.7 Å². The largest absolute Gasteiger partial charge is 0.507 e. The first-order chi connectivity index (χ1) is 20.5. The van der Waals surface area contributed by atoms with Gasteiger partial charge in [-0.2, -0.15) is 0 Å². The van der Waals surface area contributed by atoms with Gasteiger partial charge in [0.2, 0.25) is 0 Å². The monoisotopic (exact) mass is 606 g/mol. The maximum absolute atomic E-state index is 13.6. The van der Waals surface area contributed by atoms with Crippen LogP contribution in [0.4, 0.5) is 0 Å². The number of carbonyl (C=O) groups is 2. The maximum atomic E-state index is 13.6. The summed E-state index contributed by atoms with van der Waals surface area (Å²) in [5, 5.41) is 69.0. The Bertz CT molecular complexity index is 1780. The van der Waals surface area contributed by atoms with Gasteiger partial charge in [0, 0.05) is 61.6 Å². The van der Waals surface area contributed by atoms with Crippen molar-refractivity contribution in [3.63, 3.8) is 0 Å². The Morgan fingerprint density at radius 1 is 0.795 bits per heavy atom. The van der Waals surface area contributed by atoms with Gasteiger partial charge in [-0.1, -0.05) is 6.92 Å². The molecule has 0 aromatic heterocycles.